The third-order valence-corrected chi connectivity index (χ3v) is 4.11. The van der Waals surface area contributed by atoms with Crippen LogP contribution >= 0.6 is 0 Å². The predicted molar refractivity (Wildman–Crippen MR) is 71.1 cm³/mol. The standard InChI is InChI=1S/C14H23N3O2/c1-9(2)13-15-14(10-6-11(18)7-10)17(16-13)8-12-4-3-5-19-12/h9-12,18H,3-8H2,1-2H3. The van der Waals surface area contributed by atoms with E-state index in [2.05, 4.69) is 18.9 Å². The van der Waals surface area contributed by atoms with Crippen molar-refractivity contribution in [2.75, 3.05) is 6.61 Å². The van der Waals surface area contributed by atoms with Crippen molar-refractivity contribution >= 4 is 0 Å². The van der Waals surface area contributed by atoms with E-state index in [4.69, 9.17) is 9.72 Å². The Hall–Kier alpha value is -0.940. The Bertz CT molecular complexity index is 432. The quantitative estimate of drug-likeness (QED) is 0.902. The van der Waals surface area contributed by atoms with Crippen LogP contribution in [-0.4, -0.2) is 38.7 Å². The number of aliphatic hydroxyl groups is 1. The summed E-state index contributed by atoms with van der Waals surface area (Å²) in [7, 11) is 0. The number of hydrogen-bond acceptors (Lipinski definition) is 4. The second-order valence-corrected chi connectivity index (χ2v) is 6.12. The Balaban J connectivity index is 1.79. The number of nitrogens with zero attached hydrogens (tertiary/aromatic N) is 3. The molecule has 1 saturated carbocycles. The number of ether oxygens (including phenoxy) is 1. The highest BCUT2D eigenvalue weighted by molar-refractivity contribution is 5.08. The van der Waals surface area contributed by atoms with Gasteiger partial charge in [-0.3, -0.25) is 0 Å². The van der Waals surface area contributed by atoms with Gasteiger partial charge in [0, 0.05) is 18.4 Å². The van der Waals surface area contributed by atoms with Crippen LogP contribution in [0.15, 0.2) is 0 Å². The molecule has 1 saturated heterocycles. The molecule has 2 fully saturated rings. The van der Waals surface area contributed by atoms with E-state index in [0.29, 0.717) is 11.8 Å². The summed E-state index contributed by atoms with van der Waals surface area (Å²) in [5, 5.41) is 14.1. The van der Waals surface area contributed by atoms with Crippen molar-refractivity contribution in [3.63, 3.8) is 0 Å². The van der Waals surface area contributed by atoms with Crippen LogP contribution in [0.3, 0.4) is 0 Å². The number of hydrogen-bond donors (Lipinski definition) is 1. The molecule has 0 radical (unpaired) electrons. The maximum atomic E-state index is 9.49. The molecule has 5 heteroatoms. The van der Waals surface area contributed by atoms with Gasteiger partial charge < -0.3 is 9.84 Å². The van der Waals surface area contributed by atoms with Crippen LogP contribution in [0.2, 0.25) is 0 Å². The van der Waals surface area contributed by atoms with Gasteiger partial charge in [-0.1, -0.05) is 13.8 Å². The summed E-state index contributed by atoms with van der Waals surface area (Å²) in [5.74, 6) is 2.67. The lowest BCUT2D eigenvalue weighted by atomic mass is 9.82. The molecule has 1 atom stereocenters. The third-order valence-electron chi connectivity index (χ3n) is 4.11. The molecule has 3 rings (SSSR count). The summed E-state index contributed by atoms with van der Waals surface area (Å²) in [6.45, 7) is 5.91. The van der Waals surface area contributed by atoms with Gasteiger partial charge in [-0.2, -0.15) is 5.10 Å². The minimum atomic E-state index is -0.152. The van der Waals surface area contributed by atoms with Crippen molar-refractivity contribution < 1.29 is 9.84 Å². The molecule has 1 aromatic rings. The van der Waals surface area contributed by atoms with Gasteiger partial charge in [-0.05, 0) is 25.7 Å². The molecule has 0 aromatic carbocycles. The summed E-state index contributed by atoms with van der Waals surface area (Å²) >= 11 is 0. The number of rotatable bonds is 4. The van der Waals surface area contributed by atoms with Gasteiger partial charge in [0.2, 0.25) is 0 Å². The fraction of sp³-hybridized carbons (Fsp3) is 0.857. The summed E-state index contributed by atoms with van der Waals surface area (Å²) in [5.41, 5.74) is 0. The zero-order chi connectivity index (χ0) is 13.4. The lowest BCUT2D eigenvalue weighted by Crippen LogP contribution is -2.30. The topological polar surface area (TPSA) is 60.2 Å². The van der Waals surface area contributed by atoms with E-state index in [1.807, 2.05) is 4.68 Å². The molecule has 1 aliphatic heterocycles. The number of aromatic nitrogens is 3. The lowest BCUT2D eigenvalue weighted by molar-refractivity contribution is 0.0652. The average molecular weight is 265 g/mol. The molecule has 0 spiro atoms. The first-order valence-corrected chi connectivity index (χ1v) is 7.37. The Morgan fingerprint density at radius 3 is 2.79 bits per heavy atom. The van der Waals surface area contributed by atoms with Crippen molar-refractivity contribution in [1.82, 2.24) is 14.8 Å². The van der Waals surface area contributed by atoms with Gasteiger partial charge >= 0.3 is 0 Å². The van der Waals surface area contributed by atoms with E-state index in [1.165, 1.54) is 0 Å². The van der Waals surface area contributed by atoms with Gasteiger partial charge in [0.05, 0.1) is 18.8 Å². The highest BCUT2D eigenvalue weighted by atomic mass is 16.5. The maximum Gasteiger partial charge on any atom is 0.153 e. The lowest BCUT2D eigenvalue weighted by Gasteiger charge is -2.30. The van der Waals surface area contributed by atoms with E-state index >= 15 is 0 Å². The van der Waals surface area contributed by atoms with Crippen LogP contribution in [0.4, 0.5) is 0 Å². The van der Waals surface area contributed by atoms with Crippen LogP contribution < -0.4 is 0 Å². The Morgan fingerprint density at radius 2 is 2.21 bits per heavy atom. The fourth-order valence-corrected chi connectivity index (χ4v) is 2.83. The highest BCUT2D eigenvalue weighted by Gasteiger charge is 2.33. The second kappa shape index (κ2) is 5.21. The van der Waals surface area contributed by atoms with Crippen molar-refractivity contribution in [3.05, 3.63) is 11.6 Å². The zero-order valence-electron chi connectivity index (χ0n) is 11.7. The molecule has 19 heavy (non-hydrogen) atoms. The van der Waals surface area contributed by atoms with Crippen molar-refractivity contribution in [3.8, 4) is 0 Å². The second-order valence-electron chi connectivity index (χ2n) is 6.12. The normalized spacial score (nSPS) is 30.8. The molecule has 2 aliphatic rings. The van der Waals surface area contributed by atoms with Gasteiger partial charge in [0.1, 0.15) is 5.82 Å². The SMILES string of the molecule is CC(C)c1nc(C2CC(O)C2)n(CC2CCCO2)n1. The van der Waals surface area contributed by atoms with Crippen LogP contribution in [-0.2, 0) is 11.3 Å². The molecule has 0 bridgehead atoms. The predicted octanol–water partition coefficient (Wildman–Crippen LogP) is 1.82. The van der Waals surface area contributed by atoms with Crippen LogP contribution in [0.1, 0.15) is 63.0 Å². The molecule has 0 amide bonds. The van der Waals surface area contributed by atoms with E-state index in [1.54, 1.807) is 0 Å². The van der Waals surface area contributed by atoms with E-state index < -0.39 is 0 Å². The van der Waals surface area contributed by atoms with E-state index in [0.717, 1.165) is 50.5 Å². The molecular weight excluding hydrogens is 242 g/mol. The molecule has 1 aliphatic carbocycles. The first-order chi connectivity index (χ1) is 9.13. The smallest absolute Gasteiger partial charge is 0.153 e. The first-order valence-electron chi connectivity index (χ1n) is 7.37. The van der Waals surface area contributed by atoms with E-state index in [-0.39, 0.29) is 12.2 Å². The highest BCUT2D eigenvalue weighted by Crippen LogP contribution is 2.36. The fourth-order valence-electron chi connectivity index (χ4n) is 2.83. The maximum absolute atomic E-state index is 9.49. The Labute approximate surface area is 114 Å². The largest absolute Gasteiger partial charge is 0.393 e. The van der Waals surface area contributed by atoms with Crippen LogP contribution in [0, 0.1) is 0 Å². The molecule has 1 N–H and O–H groups in total. The Kier molecular flexibility index (Phi) is 3.58. The molecule has 5 nitrogen and oxygen atoms in total. The molecule has 106 valence electrons. The summed E-state index contributed by atoms with van der Waals surface area (Å²) in [6.07, 6.45) is 4.03. The summed E-state index contributed by atoms with van der Waals surface area (Å²) in [6, 6.07) is 0. The van der Waals surface area contributed by atoms with Crippen LogP contribution in [0.5, 0.6) is 0 Å². The minimum Gasteiger partial charge on any atom is -0.393 e. The zero-order valence-corrected chi connectivity index (χ0v) is 11.7. The van der Waals surface area contributed by atoms with Crippen molar-refractivity contribution in [2.24, 2.45) is 0 Å². The molecule has 1 unspecified atom stereocenters. The van der Waals surface area contributed by atoms with Gasteiger partial charge in [-0.15, -0.1) is 0 Å². The Morgan fingerprint density at radius 1 is 1.42 bits per heavy atom. The molecular formula is C14H23N3O2. The summed E-state index contributed by atoms with van der Waals surface area (Å²) < 4.78 is 7.73. The monoisotopic (exact) mass is 265 g/mol. The number of aliphatic hydroxyl groups excluding tert-OH is 1. The molecule has 2 heterocycles. The van der Waals surface area contributed by atoms with Crippen molar-refractivity contribution in [1.29, 1.82) is 0 Å². The third kappa shape index (κ3) is 2.67. The first kappa shape index (κ1) is 13.1. The van der Waals surface area contributed by atoms with Gasteiger partial charge in [0.25, 0.3) is 0 Å². The van der Waals surface area contributed by atoms with Gasteiger partial charge in [0.15, 0.2) is 5.82 Å². The minimum absolute atomic E-state index is 0.152. The average Bonchev–Trinajstić information content (AvgIpc) is 2.95. The molecule has 1 aromatic heterocycles. The van der Waals surface area contributed by atoms with Gasteiger partial charge in [-0.25, -0.2) is 9.67 Å². The van der Waals surface area contributed by atoms with Crippen molar-refractivity contribution in [2.45, 2.75) is 70.1 Å². The van der Waals surface area contributed by atoms with Crippen LogP contribution in [0.25, 0.3) is 0 Å². The van der Waals surface area contributed by atoms with E-state index in [9.17, 15) is 5.11 Å². The summed E-state index contributed by atoms with van der Waals surface area (Å²) in [4.78, 5) is 4.69.